The summed E-state index contributed by atoms with van der Waals surface area (Å²) < 4.78 is 14.0. The number of amides is 2. The van der Waals surface area contributed by atoms with Gasteiger partial charge in [-0.25, -0.2) is 9.38 Å². The summed E-state index contributed by atoms with van der Waals surface area (Å²) in [7, 11) is 0. The van der Waals surface area contributed by atoms with Crippen molar-refractivity contribution in [2.45, 2.75) is 18.4 Å². The van der Waals surface area contributed by atoms with Gasteiger partial charge in [0.1, 0.15) is 11.4 Å². The fourth-order valence-electron chi connectivity index (χ4n) is 3.57. The van der Waals surface area contributed by atoms with E-state index in [1.807, 2.05) is 0 Å². The maximum atomic E-state index is 14.0. The summed E-state index contributed by atoms with van der Waals surface area (Å²) in [6.45, 7) is 0.799. The average Bonchev–Trinajstić information content (AvgIpc) is 2.95. The molecule has 1 aromatic heterocycles. The lowest BCUT2D eigenvalue weighted by Gasteiger charge is -2.35. The number of nitrogens with one attached hydrogen (secondary N) is 1. The number of pyridine rings is 1. The molecule has 1 fully saturated rings. The van der Waals surface area contributed by atoms with E-state index in [1.165, 1.54) is 6.20 Å². The lowest BCUT2D eigenvalue weighted by atomic mass is 9.87. The van der Waals surface area contributed by atoms with Crippen LogP contribution in [0, 0.1) is 5.82 Å². The Morgan fingerprint density at radius 3 is 2.70 bits per heavy atom. The molecule has 8 heteroatoms. The standard InChI is InChI=1S/C19H18FN5O2/c20-15-11-22-7-4-14(15)12-2-1-3-13(10-12)16(26)25-8-5-19(6-9-25)17(27)23-18(21)24-19/h1-4,7,10-11H,5-6,8-9H2,(H3,21,23,24,27). The van der Waals surface area contributed by atoms with Crippen molar-refractivity contribution in [3.63, 3.8) is 0 Å². The average molecular weight is 367 g/mol. The second-order valence-electron chi connectivity index (χ2n) is 6.71. The van der Waals surface area contributed by atoms with Gasteiger partial charge in [0.2, 0.25) is 0 Å². The van der Waals surface area contributed by atoms with Crippen LogP contribution in [0.15, 0.2) is 47.7 Å². The third-order valence-electron chi connectivity index (χ3n) is 5.07. The molecule has 1 aromatic carbocycles. The second kappa shape index (κ2) is 6.46. The first kappa shape index (κ1) is 17.1. The zero-order valence-corrected chi connectivity index (χ0v) is 14.5. The Morgan fingerprint density at radius 1 is 1.26 bits per heavy atom. The van der Waals surface area contributed by atoms with Crippen molar-refractivity contribution in [3.05, 3.63) is 54.1 Å². The molecule has 27 heavy (non-hydrogen) atoms. The summed E-state index contributed by atoms with van der Waals surface area (Å²) in [5.74, 6) is -0.671. The Balaban J connectivity index is 1.52. The molecule has 0 unspecified atom stereocenters. The fourth-order valence-corrected chi connectivity index (χ4v) is 3.57. The van der Waals surface area contributed by atoms with E-state index in [1.54, 1.807) is 35.2 Å². The number of guanidine groups is 1. The van der Waals surface area contributed by atoms with Crippen molar-refractivity contribution >= 4 is 17.8 Å². The Labute approximate surface area is 155 Å². The van der Waals surface area contributed by atoms with Gasteiger partial charge in [0.15, 0.2) is 5.96 Å². The highest BCUT2D eigenvalue weighted by Crippen LogP contribution is 2.30. The number of likely N-dealkylation sites (tertiary alicyclic amines) is 1. The lowest BCUT2D eigenvalue weighted by Crippen LogP contribution is -2.50. The normalized spacial score (nSPS) is 18.3. The summed E-state index contributed by atoms with van der Waals surface area (Å²) in [4.78, 5) is 34.6. The molecule has 2 aromatic rings. The van der Waals surface area contributed by atoms with Crippen LogP contribution in [0.1, 0.15) is 23.2 Å². The maximum Gasteiger partial charge on any atom is 0.254 e. The van der Waals surface area contributed by atoms with Gasteiger partial charge in [-0.05, 0) is 36.6 Å². The number of hydrogen-bond acceptors (Lipinski definition) is 5. The van der Waals surface area contributed by atoms with Crippen molar-refractivity contribution in [3.8, 4) is 11.1 Å². The second-order valence-corrected chi connectivity index (χ2v) is 6.71. The minimum absolute atomic E-state index is 0.131. The molecule has 2 aliphatic rings. The first-order valence-corrected chi connectivity index (χ1v) is 8.64. The molecule has 0 radical (unpaired) electrons. The fraction of sp³-hybridized carbons (Fsp3) is 0.263. The van der Waals surface area contributed by atoms with Crippen LogP contribution >= 0.6 is 0 Å². The predicted octanol–water partition coefficient (Wildman–Crippen LogP) is 1.31. The van der Waals surface area contributed by atoms with Crippen LogP contribution in [0.5, 0.6) is 0 Å². The molecule has 3 heterocycles. The summed E-state index contributed by atoms with van der Waals surface area (Å²) in [6, 6.07) is 8.42. The highest BCUT2D eigenvalue weighted by Gasteiger charge is 2.46. The number of benzene rings is 1. The third-order valence-corrected chi connectivity index (χ3v) is 5.07. The molecule has 2 amide bonds. The van der Waals surface area contributed by atoms with Crippen LogP contribution in [0.2, 0.25) is 0 Å². The van der Waals surface area contributed by atoms with E-state index in [2.05, 4.69) is 15.3 Å². The van der Waals surface area contributed by atoms with E-state index in [0.29, 0.717) is 42.6 Å². The quantitative estimate of drug-likeness (QED) is 0.836. The number of halogens is 1. The Morgan fingerprint density at radius 2 is 2.04 bits per heavy atom. The summed E-state index contributed by atoms with van der Waals surface area (Å²) in [6.07, 6.45) is 3.50. The van der Waals surface area contributed by atoms with Gasteiger partial charge in [0.25, 0.3) is 11.8 Å². The zero-order valence-electron chi connectivity index (χ0n) is 14.5. The van der Waals surface area contributed by atoms with E-state index in [9.17, 15) is 14.0 Å². The minimum atomic E-state index is -0.858. The topological polar surface area (TPSA) is 101 Å². The lowest BCUT2D eigenvalue weighted by molar-refractivity contribution is -0.125. The maximum absolute atomic E-state index is 14.0. The summed E-state index contributed by atoms with van der Waals surface area (Å²) in [5.41, 5.74) is 6.22. The van der Waals surface area contributed by atoms with Crippen molar-refractivity contribution in [2.24, 2.45) is 10.7 Å². The smallest absolute Gasteiger partial charge is 0.254 e. The number of nitrogens with zero attached hydrogens (tertiary/aromatic N) is 3. The molecule has 0 atom stereocenters. The highest BCUT2D eigenvalue weighted by atomic mass is 19.1. The Bertz CT molecular complexity index is 951. The first-order valence-electron chi connectivity index (χ1n) is 8.64. The Hall–Kier alpha value is -3.29. The van der Waals surface area contributed by atoms with Gasteiger partial charge in [0.05, 0.1) is 6.20 Å². The number of piperidine rings is 1. The van der Waals surface area contributed by atoms with Gasteiger partial charge in [0, 0.05) is 30.4 Å². The van der Waals surface area contributed by atoms with E-state index >= 15 is 0 Å². The molecule has 7 nitrogen and oxygen atoms in total. The third kappa shape index (κ3) is 3.03. The molecular formula is C19H18FN5O2. The molecule has 0 bridgehead atoms. The molecule has 3 N–H and O–H groups in total. The van der Waals surface area contributed by atoms with E-state index in [4.69, 9.17) is 5.73 Å². The number of carbonyl (C=O) groups is 2. The Kier molecular flexibility index (Phi) is 4.10. The molecule has 138 valence electrons. The van der Waals surface area contributed by atoms with Gasteiger partial charge >= 0.3 is 0 Å². The van der Waals surface area contributed by atoms with E-state index in [0.717, 1.165) is 6.20 Å². The monoisotopic (exact) mass is 367 g/mol. The predicted molar refractivity (Wildman–Crippen MR) is 97.3 cm³/mol. The molecule has 0 saturated carbocycles. The molecule has 4 rings (SSSR count). The minimum Gasteiger partial charge on any atom is -0.370 e. The van der Waals surface area contributed by atoms with Crippen LogP contribution in [0.4, 0.5) is 4.39 Å². The molecule has 0 aliphatic carbocycles. The van der Waals surface area contributed by atoms with Crippen molar-refractivity contribution in [1.82, 2.24) is 15.2 Å². The van der Waals surface area contributed by atoms with Crippen LogP contribution in [0.3, 0.4) is 0 Å². The van der Waals surface area contributed by atoms with Crippen molar-refractivity contribution in [1.29, 1.82) is 0 Å². The van der Waals surface area contributed by atoms with Crippen LogP contribution in [-0.2, 0) is 4.79 Å². The van der Waals surface area contributed by atoms with Gasteiger partial charge in [-0.3, -0.25) is 19.9 Å². The number of hydrogen-bond donors (Lipinski definition) is 2. The number of nitrogens with two attached hydrogens (primary N) is 1. The summed E-state index contributed by atoms with van der Waals surface area (Å²) >= 11 is 0. The summed E-state index contributed by atoms with van der Waals surface area (Å²) in [5, 5.41) is 2.53. The van der Waals surface area contributed by atoms with Crippen molar-refractivity contribution in [2.75, 3.05) is 13.1 Å². The molecule has 1 spiro atoms. The van der Waals surface area contributed by atoms with Gasteiger partial charge in [-0.1, -0.05) is 12.1 Å². The number of aromatic nitrogens is 1. The molecule has 2 aliphatic heterocycles. The van der Waals surface area contributed by atoms with Crippen molar-refractivity contribution < 1.29 is 14.0 Å². The SMILES string of the molecule is NC1=NC2(CCN(C(=O)c3cccc(-c4ccncc4F)c3)CC2)C(=O)N1. The van der Waals surface area contributed by atoms with Gasteiger partial charge in [-0.15, -0.1) is 0 Å². The number of rotatable bonds is 2. The molecule has 1 saturated heterocycles. The highest BCUT2D eigenvalue weighted by molar-refractivity contribution is 6.07. The van der Waals surface area contributed by atoms with Crippen LogP contribution in [0.25, 0.3) is 11.1 Å². The number of aliphatic imine (C=N–C) groups is 1. The van der Waals surface area contributed by atoms with Crippen LogP contribution < -0.4 is 11.1 Å². The van der Waals surface area contributed by atoms with Gasteiger partial charge < -0.3 is 10.6 Å². The van der Waals surface area contributed by atoms with Crippen LogP contribution in [-0.4, -0.2) is 46.3 Å². The van der Waals surface area contributed by atoms with E-state index in [-0.39, 0.29) is 17.8 Å². The zero-order chi connectivity index (χ0) is 19.0. The molecular weight excluding hydrogens is 349 g/mol. The largest absolute Gasteiger partial charge is 0.370 e. The van der Waals surface area contributed by atoms with E-state index < -0.39 is 11.4 Å². The number of carbonyl (C=O) groups excluding carboxylic acids is 2. The first-order chi connectivity index (χ1) is 13.0. The van der Waals surface area contributed by atoms with Gasteiger partial charge in [-0.2, -0.15) is 0 Å².